The van der Waals surface area contributed by atoms with Gasteiger partial charge < -0.3 is 19.4 Å². The van der Waals surface area contributed by atoms with Crippen molar-refractivity contribution >= 4 is 61.5 Å². The zero-order valence-electron chi connectivity index (χ0n) is 18.5. The minimum atomic E-state index is 0.00149. The molecule has 1 unspecified atom stereocenters. The fourth-order valence-electron chi connectivity index (χ4n) is 4.67. The first-order chi connectivity index (χ1) is 16.0. The molecule has 0 spiro atoms. The molecule has 0 saturated carbocycles. The highest BCUT2D eigenvalue weighted by atomic mass is 35.5. The molecule has 1 amide bonds. The molecule has 6 nitrogen and oxygen atoms in total. The molecule has 2 saturated heterocycles. The van der Waals surface area contributed by atoms with Crippen molar-refractivity contribution in [2.24, 2.45) is 5.92 Å². The number of methoxy groups -OCH3 is 1. The lowest BCUT2D eigenvalue weighted by atomic mass is 9.96. The highest BCUT2D eigenvalue weighted by molar-refractivity contribution is 7.22. The van der Waals surface area contributed by atoms with Crippen LogP contribution < -0.4 is 14.5 Å². The summed E-state index contributed by atoms with van der Waals surface area (Å²) in [6, 6.07) is 11.6. The molecule has 1 atom stereocenters. The monoisotopic (exact) mass is 504 g/mol. The Morgan fingerprint density at radius 2 is 1.91 bits per heavy atom. The Morgan fingerprint density at radius 3 is 2.70 bits per heavy atom. The number of carbonyl (C=O) groups excluding carboxylic acids is 1. The number of hydrogen-bond donors (Lipinski definition) is 0. The van der Waals surface area contributed by atoms with Crippen molar-refractivity contribution in [3.63, 3.8) is 0 Å². The van der Waals surface area contributed by atoms with Gasteiger partial charge in [0, 0.05) is 39.3 Å². The van der Waals surface area contributed by atoms with E-state index in [1.807, 2.05) is 35.2 Å². The number of rotatable bonds is 4. The topological polar surface area (TPSA) is 48.9 Å². The van der Waals surface area contributed by atoms with E-state index in [-0.39, 0.29) is 11.8 Å². The van der Waals surface area contributed by atoms with Crippen LogP contribution in [0.25, 0.3) is 10.2 Å². The van der Waals surface area contributed by atoms with Gasteiger partial charge in [0.2, 0.25) is 5.91 Å². The van der Waals surface area contributed by atoms with Crippen molar-refractivity contribution in [2.75, 3.05) is 56.2 Å². The van der Waals surface area contributed by atoms with Crippen molar-refractivity contribution in [3.05, 3.63) is 46.4 Å². The van der Waals surface area contributed by atoms with Gasteiger partial charge in [-0.2, -0.15) is 0 Å². The van der Waals surface area contributed by atoms with Gasteiger partial charge in [-0.25, -0.2) is 4.98 Å². The standard InChI is InChI=1S/C24H26Cl2N4O2S/c1-32-17-7-8-19-21(14-17)33-24(27-19)30-9-3-4-16(15-30)23(31)29-12-10-28(11-13-29)20-6-2-5-18(25)22(20)26/h2,5-8,14,16H,3-4,9-13,15H2,1H3. The minimum Gasteiger partial charge on any atom is -0.497 e. The van der Waals surface area contributed by atoms with Crippen molar-refractivity contribution in [3.8, 4) is 5.75 Å². The van der Waals surface area contributed by atoms with E-state index in [0.717, 1.165) is 65.8 Å². The molecule has 0 radical (unpaired) electrons. The van der Waals surface area contributed by atoms with E-state index < -0.39 is 0 Å². The van der Waals surface area contributed by atoms with E-state index in [1.165, 1.54) is 0 Å². The number of aromatic nitrogens is 1. The summed E-state index contributed by atoms with van der Waals surface area (Å²) < 4.78 is 6.44. The lowest BCUT2D eigenvalue weighted by Crippen LogP contribution is -2.52. The zero-order chi connectivity index (χ0) is 22.9. The van der Waals surface area contributed by atoms with Gasteiger partial charge in [-0.3, -0.25) is 4.79 Å². The van der Waals surface area contributed by atoms with E-state index in [1.54, 1.807) is 24.5 Å². The summed E-state index contributed by atoms with van der Waals surface area (Å²) >= 11 is 14.2. The fourth-order valence-corrected chi connectivity index (χ4v) is 6.11. The maximum Gasteiger partial charge on any atom is 0.227 e. The smallest absolute Gasteiger partial charge is 0.227 e. The average molecular weight is 505 g/mol. The van der Waals surface area contributed by atoms with Crippen LogP contribution >= 0.6 is 34.5 Å². The molecule has 0 bridgehead atoms. The van der Waals surface area contributed by atoms with Crippen LogP contribution in [-0.2, 0) is 4.79 Å². The number of amides is 1. The molecule has 2 aliphatic heterocycles. The number of ether oxygens (including phenoxy) is 1. The fraction of sp³-hybridized carbons (Fsp3) is 0.417. The number of fused-ring (bicyclic) bond motifs is 1. The molecule has 0 aliphatic carbocycles. The summed E-state index contributed by atoms with van der Waals surface area (Å²) in [6.07, 6.45) is 1.92. The van der Waals surface area contributed by atoms with Crippen LogP contribution in [0.5, 0.6) is 5.75 Å². The number of piperazine rings is 1. The first-order valence-electron chi connectivity index (χ1n) is 11.2. The van der Waals surface area contributed by atoms with Crippen molar-refractivity contribution in [1.82, 2.24) is 9.88 Å². The predicted molar refractivity (Wildman–Crippen MR) is 136 cm³/mol. The molecule has 3 aromatic rings. The molecular weight excluding hydrogens is 479 g/mol. The number of halogens is 2. The normalized spacial score (nSPS) is 19.2. The molecule has 2 fully saturated rings. The van der Waals surface area contributed by atoms with E-state index in [4.69, 9.17) is 32.9 Å². The summed E-state index contributed by atoms with van der Waals surface area (Å²) in [5.41, 5.74) is 1.91. The largest absolute Gasteiger partial charge is 0.497 e. The highest BCUT2D eigenvalue weighted by Crippen LogP contribution is 2.35. The van der Waals surface area contributed by atoms with Crippen LogP contribution in [0, 0.1) is 5.92 Å². The van der Waals surface area contributed by atoms with Crippen molar-refractivity contribution in [2.45, 2.75) is 12.8 Å². The van der Waals surface area contributed by atoms with Gasteiger partial charge in [0.1, 0.15) is 5.75 Å². The van der Waals surface area contributed by atoms with Crippen LogP contribution in [0.1, 0.15) is 12.8 Å². The molecule has 33 heavy (non-hydrogen) atoms. The van der Waals surface area contributed by atoms with E-state index >= 15 is 0 Å². The van der Waals surface area contributed by atoms with Crippen LogP contribution in [0.3, 0.4) is 0 Å². The Hall–Kier alpha value is -2.22. The average Bonchev–Trinajstić information content (AvgIpc) is 3.29. The van der Waals surface area contributed by atoms with Gasteiger partial charge >= 0.3 is 0 Å². The van der Waals surface area contributed by atoms with Gasteiger partial charge in [-0.05, 0) is 43.2 Å². The Balaban J connectivity index is 1.23. The summed E-state index contributed by atoms with van der Waals surface area (Å²) in [6.45, 7) is 4.54. The van der Waals surface area contributed by atoms with E-state index in [2.05, 4.69) is 9.80 Å². The third kappa shape index (κ3) is 4.59. The van der Waals surface area contributed by atoms with E-state index in [0.29, 0.717) is 23.1 Å². The van der Waals surface area contributed by atoms with Gasteiger partial charge in [0.25, 0.3) is 0 Å². The summed E-state index contributed by atoms with van der Waals surface area (Å²) in [5.74, 6) is 1.09. The molecule has 1 aromatic heterocycles. The Bertz CT molecular complexity index is 1160. The van der Waals surface area contributed by atoms with Crippen LogP contribution in [-0.4, -0.2) is 62.2 Å². The number of benzene rings is 2. The number of thiazole rings is 1. The molecule has 9 heteroatoms. The van der Waals surface area contributed by atoms with Crippen molar-refractivity contribution in [1.29, 1.82) is 0 Å². The third-order valence-corrected chi connectivity index (χ3v) is 8.38. The Labute approximate surface area is 207 Å². The number of hydrogen-bond acceptors (Lipinski definition) is 6. The Kier molecular flexibility index (Phi) is 6.54. The number of piperidine rings is 1. The van der Waals surface area contributed by atoms with Crippen LogP contribution in [0.15, 0.2) is 36.4 Å². The summed E-state index contributed by atoms with van der Waals surface area (Å²) in [4.78, 5) is 24.6. The zero-order valence-corrected chi connectivity index (χ0v) is 20.8. The lowest BCUT2D eigenvalue weighted by Gasteiger charge is -2.40. The predicted octanol–water partition coefficient (Wildman–Crippen LogP) is 5.18. The molecule has 3 heterocycles. The van der Waals surface area contributed by atoms with E-state index in [9.17, 15) is 4.79 Å². The quantitative estimate of drug-likeness (QED) is 0.489. The highest BCUT2D eigenvalue weighted by Gasteiger charge is 2.32. The number of anilines is 2. The van der Waals surface area contributed by atoms with Gasteiger partial charge in [0.05, 0.1) is 39.0 Å². The SMILES string of the molecule is COc1ccc2nc(N3CCCC(C(=O)N4CCN(c5cccc(Cl)c5Cl)CC4)C3)sc2c1. The van der Waals surface area contributed by atoms with Crippen molar-refractivity contribution < 1.29 is 9.53 Å². The van der Waals surface area contributed by atoms with Gasteiger partial charge in [0.15, 0.2) is 5.13 Å². The molecule has 174 valence electrons. The minimum absolute atomic E-state index is 0.00149. The molecule has 0 N–H and O–H groups in total. The molecule has 2 aromatic carbocycles. The first kappa shape index (κ1) is 22.6. The molecule has 5 rings (SSSR count). The summed E-state index contributed by atoms with van der Waals surface area (Å²) in [7, 11) is 1.67. The number of nitrogens with zero attached hydrogens (tertiary/aromatic N) is 4. The van der Waals surface area contributed by atoms with Crippen LogP contribution in [0.2, 0.25) is 10.0 Å². The molecule has 2 aliphatic rings. The lowest BCUT2D eigenvalue weighted by molar-refractivity contribution is -0.136. The third-order valence-electron chi connectivity index (χ3n) is 6.49. The van der Waals surface area contributed by atoms with Gasteiger partial charge in [-0.1, -0.05) is 40.6 Å². The summed E-state index contributed by atoms with van der Waals surface area (Å²) in [5, 5.41) is 2.12. The maximum absolute atomic E-state index is 13.3. The number of carbonyl (C=O) groups is 1. The second kappa shape index (κ2) is 9.57. The second-order valence-electron chi connectivity index (χ2n) is 8.50. The Morgan fingerprint density at radius 1 is 1.09 bits per heavy atom. The molecular formula is C24H26Cl2N4O2S. The van der Waals surface area contributed by atoms with Crippen LogP contribution in [0.4, 0.5) is 10.8 Å². The van der Waals surface area contributed by atoms with Gasteiger partial charge in [-0.15, -0.1) is 0 Å². The first-order valence-corrected chi connectivity index (χ1v) is 12.8. The maximum atomic E-state index is 13.3. The second-order valence-corrected chi connectivity index (χ2v) is 10.3.